The minimum atomic E-state index is 1.27. The Morgan fingerprint density at radius 1 is 0.522 bits per heavy atom. The average Bonchev–Trinajstić information content (AvgIpc) is 3.31. The van der Waals surface area contributed by atoms with Crippen molar-refractivity contribution < 1.29 is 0 Å². The van der Waals surface area contributed by atoms with Gasteiger partial charge in [-0.1, -0.05) is 36.4 Å². The summed E-state index contributed by atoms with van der Waals surface area (Å²) in [6.07, 6.45) is 16.9. The highest BCUT2D eigenvalue weighted by molar-refractivity contribution is 7.13. The van der Waals surface area contributed by atoms with Gasteiger partial charge in [-0.3, -0.25) is 0 Å². The Balaban J connectivity index is 1.53. The molecule has 3 aromatic rings. The highest BCUT2D eigenvalue weighted by Gasteiger charge is 1.92. The summed E-state index contributed by atoms with van der Waals surface area (Å²) in [4.78, 5) is 5.09. The van der Waals surface area contributed by atoms with Crippen molar-refractivity contribution in [2.24, 2.45) is 0 Å². The smallest absolute Gasteiger partial charge is 0.0276 e. The third kappa shape index (κ3) is 5.32. The minimum Gasteiger partial charge on any atom is -0.144 e. The minimum absolute atomic E-state index is 1.27. The molecule has 0 amide bonds. The summed E-state index contributed by atoms with van der Waals surface area (Å²) in [6.45, 7) is 0. The van der Waals surface area contributed by atoms with Crippen LogP contribution in [0, 0.1) is 0 Å². The van der Waals surface area contributed by atoms with Gasteiger partial charge in [0, 0.05) is 19.5 Å². The maximum Gasteiger partial charge on any atom is 0.0276 e. The van der Waals surface area contributed by atoms with Gasteiger partial charge in [-0.25, -0.2) is 0 Å². The van der Waals surface area contributed by atoms with Gasteiger partial charge in [0.05, 0.1) is 0 Å². The van der Waals surface area contributed by atoms with E-state index in [-0.39, 0.29) is 0 Å². The fraction of sp³-hybridized carbons (Fsp3) is 0. The summed E-state index contributed by atoms with van der Waals surface area (Å²) in [5, 5.41) is 4.18. The molecule has 0 saturated carbocycles. The predicted molar refractivity (Wildman–Crippen MR) is 109 cm³/mol. The molecule has 0 bridgehead atoms. The lowest BCUT2D eigenvalue weighted by atomic mass is 10.3. The Morgan fingerprint density at radius 3 is 1.35 bits per heavy atom. The van der Waals surface area contributed by atoms with Crippen molar-refractivity contribution in [3.8, 4) is 0 Å². The summed E-state index contributed by atoms with van der Waals surface area (Å²) in [6, 6.07) is 12.7. The standard InChI is InChI=1S/C20H16S3/c1(7-17-11-5-15-21-17)3-9-19-13-14-20(23-19)10-4-2-8-18-12-6-16-22-18/h1-16H/b7-1+,8-2+,9-3+,10-4+. The van der Waals surface area contributed by atoms with Crippen LogP contribution >= 0.6 is 34.0 Å². The van der Waals surface area contributed by atoms with Gasteiger partial charge >= 0.3 is 0 Å². The molecule has 0 radical (unpaired) electrons. The average molecular weight is 353 g/mol. The van der Waals surface area contributed by atoms with E-state index >= 15 is 0 Å². The highest BCUT2D eigenvalue weighted by atomic mass is 32.1. The Kier molecular flexibility index (Phi) is 5.98. The van der Waals surface area contributed by atoms with Crippen LogP contribution in [0.4, 0.5) is 0 Å². The lowest BCUT2D eigenvalue weighted by Crippen LogP contribution is -1.57. The zero-order valence-corrected chi connectivity index (χ0v) is 14.9. The topological polar surface area (TPSA) is 0 Å². The normalized spacial score (nSPS) is 12.5. The second-order valence-electron chi connectivity index (χ2n) is 4.71. The molecule has 3 heterocycles. The van der Waals surface area contributed by atoms with Crippen molar-refractivity contribution in [1.29, 1.82) is 0 Å². The van der Waals surface area contributed by atoms with E-state index in [0.29, 0.717) is 0 Å². The summed E-state index contributed by atoms with van der Waals surface area (Å²) in [5.74, 6) is 0. The first kappa shape index (κ1) is 15.9. The van der Waals surface area contributed by atoms with Gasteiger partial charge in [0.1, 0.15) is 0 Å². The molecule has 23 heavy (non-hydrogen) atoms. The molecule has 114 valence electrons. The van der Waals surface area contributed by atoms with Gasteiger partial charge in [-0.2, -0.15) is 0 Å². The fourth-order valence-corrected chi connectivity index (χ4v) is 4.02. The van der Waals surface area contributed by atoms with Crippen molar-refractivity contribution in [1.82, 2.24) is 0 Å². The second-order valence-corrected chi connectivity index (χ2v) is 7.81. The Labute approximate surface area is 149 Å². The van der Waals surface area contributed by atoms with Crippen LogP contribution in [0.2, 0.25) is 0 Å². The molecule has 3 rings (SSSR count). The number of hydrogen-bond acceptors (Lipinski definition) is 3. The number of hydrogen-bond donors (Lipinski definition) is 0. The van der Waals surface area contributed by atoms with E-state index in [9.17, 15) is 0 Å². The Morgan fingerprint density at radius 2 is 0.957 bits per heavy atom. The first-order chi connectivity index (χ1) is 11.4. The van der Waals surface area contributed by atoms with Gasteiger partial charge in [-0.05, 0) is 59.3 Å². The first-order valence-electron chi connectivity index (χ1n) is 7.26. The van der Waals surface area contributed by atoms with E-state index in [0.717, 1.165) is 0 Å². The third-order valence-corrected chi connectivity index (χ3v) is 5.69. The van der Waals surface area contributed by atoms with Crippen LogP contribution in [0.5, 0.6) is 0 Å². The summed E-state index contributed by atoms with van der Waals surface area (Å²) in [7, 11) is 0. The Bertz CT molecular complexity index is 742. The van der Waals surface area contributed by atoms with Crippen LogP contribution in [0.15, 0.2) is 71.5 Å². The summed E-state index contributed by atoms with van der Waals surface area (Å²) < 4.78 is 0. The molecule has 0 aliphatic rings. The molecule has 3 aromatic heterocycles. The van der Waals surface area contributed by atoms with Crippen LogP contribution in [0.3, 0.4) is 0 Å². The van der Waals surface area contributed by atoms with E-state index in [1.165, 1.54) is 19.5 Å². The molecule has 0 aliphatic heterocycles. The zero-order chi connectivity index (χ0) is 15.7. The fourth-order valence-electron chi connectivity index (χ4n) is 1.92. The number of allylic oxidation sites excluding steroid dienone is 4. The second kappa shape index (κ2) is 8.63. The Hall–Kier alpha value is -1.94. The van der Waals surface area contributed by atoms with Crippen LogP contribution in [-0.4, -0.2) is 0 Å². The van der Waals surface area contributed by atoms with E-state index in [2.05, 4.69) is 95.8 Å². The molecule has 0 aliphatic carbocycles. The van der Waals surface area contributed by atoms with E-state index in [1.807, 2.05) is 0 Å². The first-order valence-corrected chi connectivity index (χ1v) is 9.84. The van der Waals surface area contributed by atoms with Gasteiger partial charge in [0.25, 0.3) is 0 Å². The lowest BCUT2D eigenvalue weighted by molar-refractivity contribution is 1.89. The van der Waals surface area contributed by atoms with Crippen molar-refractivity contribution in [3.63, 3.8) is 0 Å². The largest absolute Gasteiger partial charge is 0.144 e. The lowest BCUT2D eigenvalue weighted by Gasteiger charge is -1.83. The molecule has 0 spiro atoms. The van der Waals surface area contributed by atoms with Gasteiger partial charge in [0.2, 0.25) is 0 Å². The molecule has 0 nitrogen and oxygen atoms in total. The molecule has 0 N–H and O–H groups in total. The molecule has 3 heteroatoms. The van der Waals surface area contributed by atoms with Crippen molar-refractivity contribution in [3.05, 3.63) is 91.0 Å². The van der Waals surface area contributed by atoms with E-state index in [1.54, 1.807) is 34.0 Å². The predicted octanol–water partition coefficient (Wildman–Crippen LogP) is 7.32. The monoisotopic (exact) mass is 352 g/mol. The maximum atomic E-state index is 2.16. The molecule has 0 aromatic carbocycles. The van der Waals surface area contributed by atoms with Crippen molar-refractivity contribution in [2.75, 3.05) is 0 Å². The molecule has 0 saturated heterocycles. The number of thiophene rings is 3. The van der Waals surface area contributed by atoms with E-state index < -0.39 is 0 Å². The van der Waals surface area contributed by atoms with E-state index in [4.69, 9.17) is 0 Å². The summed E-state index contributed by atoms with van der Waals surface area (Å²) >= 11 is 5.29. The molecule has 0 fully saturated rings. The molecular formula is C20H16S3. The van der Waals surface area contributed by atoms with Crippen LogP contribution in [0.25, 0.3) is 24.3 Å². The number of rotatable bonds is 6. The van der Waals surface area contributed by atoms with Crippen molar-refractivity contribution in [2.45, 2.75) is 0 Å². The molecular weight excluding hydrogens is 336 g/mol. The highest BCUT2D eigenvalue weighted by Crippen LogP contribution is 2.20. The molecule has 0 atom stereocenters. The van der Waals surface area contributed by atoms with Crippen LogP contribution < -0.4 is 0 Å². The SMILES string of the molecule is C(/C=C/c1ccc(/C=C/C=C/c2cccs2)s1)=C\c1cccs1. The quantitative estimate of drug-likeness (QED) is 0.408. The van der Waals surface area contributed by atoms with Crippen LogP contribution in [0.1, 0.15) is 19.5 Å². The van der Waals surface area contributed by atoms with Crippen LogP contribution in [-0.2, 0) is 0 Å². The van der Waals surface area contributed by atoms with Gasteiger partial charge in [-0.15, -0.1) is 34.0 Å². The van der Waals surface area contributed by atoms with Gasteiger partial charge in [0.15, 0.2) is 0 Å². The maximum absolute atomic E-state index is 2.16. The molecule has 0 unspecified atom stereocenters. The summed E-state index contributed by atoms with van der Waals surface area (Å²) in [5.41, 5.74) is 0. The third-order valence-electron chi connectivity index (χ3n) is 3.00. The van der Waals surface area contributed by atoms with Gasteiger partial charge < -0.3 is 0 Å². The van der Waals surface area contributed by atoms with Crippen molar-refractivity contribution >= 4 is 58.3 Å². The zero-order valence-electron chi connectivity index (χ0n) is 12.5.